The van der Waals surface area contributed by atoms with Gasteiger partial charge < -0.3 is 15.4 Å². The van der Waals surface area contributed by atoms with Crippen LogP contribution in [0.15, 0.2) is 18.2 Å². The maximum atomic E-state index is 12.2. The average molecular weight is 323 g/mol. The first-order valence-electron chi connectivity index (χ1n) is 8.12. The molecule has 120 valence electrons. The van der Waals surface area contributed by atoms with Crippen molar-refractivity contribution >= 4 is 23.2 Å². The fraction of sp³-hybridized carbons (Fsp3) is 0.588. The lowest BCUT2D eigenvalue weighted by molar-refractivity contribution is -0.117. The van der Waals surface area contributed by atoms with E-state index in [0.717, 1.165) is 18.5 Å². The molecule has 4 nitrogen and oxygen atoms in total. The Balaban J connectivity index is 1.54. The molecule has 1 aromatic carbocycles. The molecule has 0 saturated carbocycles. The van der Waals surface area contributed by atoms with E-state index in [4.69, 9.17) is 16.3 Å². The minimum absolute atomic E-state index is 0.0755. The number of ether oxygens (including phenoxy) is 1. The average Bonchev–Trinajstić information content (AvgIpc) is 2.81. The highest BCUT2D eigenvalue weighted by molar-refractivity contribution is 6.32. The standard InChI is InChI=1S/C17H23ClN2O2/c1-2-22-16-6-5-14(10-15(16)18)20-17(21)9-11-7-12-3-4-13(8-11)19-12/h5-6,10-13,19H,2-4,7-9H2,1H3,(H,20,21). The number of carbonyl (C=O) groups is 1. The Hall–Kier alpha value is -1.26. The molecule has 3 rings (SSSR count). The number of benzene rings is 1. The highest BCUT2D eigenvalue weighted by Gasteiger charge is 2.34. The molecule has 0 radical (unpaired) electrons. The van der Waals surface area contributed by atoms with Crippen LogP contribution in [0.25, 0.3) is 0 Å². The third-order valence-electron chi connectivity index (χ3n) is 4.56. The first kappa shape index (κ1) is 15.6. The lowest BCUT2D eigenvalue weighted by Gasteiger charge is -2.28. The van der Waals surface area contributed by atoms with Crippen molar-refractivity contribution in [3.05, 3.63) is 23.2 Å². The molecule has 2 N–H and O–H groups in total. The largest absolute Gasteiger partial charge is 0.492 e. The first-order chi connectivity index (χ1) is 10.6. The second-order valence-electron chi connectivity index (χ2n) is 6.31. The summed E-state index contributed by atoms with van der Waals surface area (Å²) in [5.74, 6) is 1.22. The summed E-state index contributed by atoms with van der Waals surface area (Å²) in [6.45, 7) is 2.49. The van der Waals surface area contributed by atoms with E-state index in [2.05, 4.69) is 10.6 Å². The predicted octanol–water partition coefficient (Wildman–Crippen LogP) is 3.60. The Morgan fingerprint density at radius 2 is 2.09 bits per heavy atom. The quantitative estimate of drug-likeness (QED) is 0.871. The zero-order valence-electron chi connectivity index (χ0n) is 12.9. The molecule has 1 amide bonds. The molecule has 2 aliphatic rings. The van der Waals surface area contributed by atoms with Crippen LogP contribution in [0.1, 0.15) is 39.0 Å². The molecule has 2 bridgehead atoms. The lowest BCUT2D eigenvalue weighted by atomic mass is 9.89. The van der Waals surface area contributed by atoms with Gasteiger partial charge in [-0.1, -0.05) is 11.6 Å². The molecule has 2 aliphatic heterocycles. The van der Waals surface area contributed by atoms with Crippen LogP contribution in [0.4, 0.5) is 5.69 Å². The molecule has 2 fully saturated rings. The van der Waals surface area contributed by atoms with Crippen LogP contribution < -0.4 is 15.4 Å². The van der Waals surface area contributed by atoms with Crippen molar-refractivity contribution in [2.24, 2.45) is 5.92 Å². The Morgan fingerprint density at radius 3 is 2.73 bits per heavy atom. The van der Waals surface area contributed by atoms with Crippen molar-refractivity contribution < 1.29 is 9.53 Å². The van der Waals surface area contributed by atoms with Gasteiger partial charge in [-0.15, -0.1) is 0 Å². The number of anilines is 1. The number of hydrogen-bond acceptors (Lipinski definition) is 3. The van der Waals surface area contributed by atoms with Gasteiger partial charge in [0.25, 0.3) is 0 Å². The number of amides is 1. The summed E-state index contributed by atoms with van der Waals surface area (Å²) >= 11 is 6.15. The molecule has 2 unspecified atom stereocenters. The second kappa shape index (κ2) is 6.88. The SMILES string of the molecule is CCOc1ccc(NC(=O)CC2CC3CCC(C2)N3)cc1Cl. The molecule has 0 aliphatic carbocycles. The Bertz CT molecular complexity index is 537. The monoisotopic (exact) mass is 322 g/mol. The van der Waals surface area contributed by atoms with Crippen LogP contribution in [-0.2, 0) is 4.79 Å². The maximum absolute atomic E-state index is 12.2. The van der Waals surface area contributed by atoms with Gasteiger partial charge in [-0.3, -0.25) is 4.79 Å². The van der Waals surface area contributed by atoms with Gasteiger partial charge in [-0.05, 0) is 56.7 Å². The van der Waals surface area contributed by atoms with E-state index in [1.54, 1.807) is 12.1 Å². The summed E-state index contributed by atoms with van der Waals surface area (Å²) in [6.07, 6.45) is 5.36. The van der Waals surface area contributed by atoms with Gasteiger partial charge in [0.05, 0.1) is 11.6 Å². The predicted molar refractivity (Wildman–Crippen MR) is 88.5 cm³/mol. The van der Waals surface area contributed by atoms with Crippen LogP contribution in [0, 0.1) is 5.92 Å². The van der Waals surface area contributed by atoms with Crippen LogP contribution >= 0.6 is 11.6 Å². The number of piperidine rings is 1. The minimum atomic E-state index is 0.0755. The number of fused-ring (bicyclic) bond motifs is 2. The van der Waals surface area contributed by atoms with Crippen molar-refractivity contribution in [1.29, 1.82) is 0 Å². The molecule has 2 heterocycles. The smallest absolute Gasteiger partial charge is 0.224 e. The minimum Gasteiger partial charge on any atom is -0.492 e. The second-order valence-corrected chi connectivity index (χ2v) is 6.71. The number of halogens is 1. The van der Waals surface area contributed by atoms with Crippen molar-refractivity contribution in [3.63, 3.8) is 0 Å². The number of nitrogens with one attached hydrogen (secondary N) is 2. The summed E-state index contributed by atoms with van der Waals surface area (Å²) in [5.41, 5.74) is 0.732. The van der Waals surface area contributed by atoms with E-state index in [9.17, 15) is 4.79 Å². The summed E-state index contributed by atoms with van der Waals surface area (Å²) < 4.78 is 5.40. The van der Waals surface area contributed by atoms with Gasteiger partial charge >= 0.3 is 0 Å². The van der Waals surface area contributed by atoms with E-state index in [0.29, 0.717) is 41.8 Å². The Labute approximate surface area is 136 Å². The fourth-order valence-electron chi connectivity index (χ4n) is 3.67. The number of rotatable bonds is 5. The normalized spacial score (nSPS) is 26.7. The topological polar surface area (TPSA) is 50.4 Å². The molecular weight excluding hydrogens is 300 g/mol. The molecule has 5 heteroatoms. The number of hydrogen-bond donors (Lipinski definition) is 2. The molecule has 0 aromatic heterocycles. The summed E-state index contributed by atoms with van der Waals surface area (Å²) in [5, 5.41) is 7.08. The Kier molecular flexibility index (Phi) is 4.89. The Morgan fingerprint density at radius 1 is 1.36 bits per heavy atom. The van der Waals surface area contributed by atoms with E-state index >= 15 is 0 Å². The summed E-state index contributed by atoms with van der Waals surface area (Å²) in [6, 6.07) is 6.62. The van der Waals surface area contributed by atoms with Crippen LogP contribution in [0.3, 0.4) is 0 Å². The van der Waals surface area contributed by atoms with Crippen LogP contribution in [0.5, 0.6) is 5.75 Å². The van der Waals surface area contributed by atoms with Crippen molar-refractivity contribution in [2.75, 3.05) is 11.9 Å². The van der Waals surface area contributed by atoms with Gasteiger partial charge in [-0.2, -0.15) is 0 Å². The van der Waals surface area contributed by atoms with E-state index in [-0.39, 0.29) is 5.91 Å². The molecule has 22 heavy (non-hydrogen) atoms. The van der Waals surface area contributed by atoms with Gasteiger partial charge in [0.1, 0.15) is 5.75 Å². The lowest BCUT2D eigenvalue weighted by Crippen LogP contribution is -2.39. The van der Waals surface area contributed by atoms with Gasteiger partial charge in [-0.25, -0.2) is 0 Å². The third kappa shape index (κ3) is 3.73. The van der Waals surface area contributed by atoms with Crippen LogP contribution in [-0.4, -0.2) is 24.6 Å². The maximum Gasteiger partial charge on any atom is 0.224 e. The molecular formula is C17H23ClN2O2. The van der Waals surface area contributed by atoms with Crippen molar-refractivity contribution in [3.8, 4) is 5.75 Å². The third-order valence-corrected chi connectivity index (χ3v) is 4.86. The number of carbonyl (C=O) groups excluding carboxylic acids is 1. The van der Waals surface area contributed by atoms with Crippen molar-refractivity contribution in [2.45, 2.75) is 51.1 Å². The molecule has 2 saturated heterocycles. The fourth-order valence-corrected chi connectivity index (χ4v) is 3.90. The van der Waals surface area contributed by atoms with Gasteiger partial charge in [0, 0.05) is 24.2 Å². The molecule has 2 atom stereocenters. The van der Waals surface area contributed by atoms with Gasteiger partial charge in [0.2, 0.25) is 5.91 Å². The highest BCUT2D eigenvalue weighted by Crippen LogP contribution is 2.33. The zero-order valence-corrected chi connectivity index (χ0v) is 13.7. The summed E-state index contributed by atoms with van der Waals surface area (Å²) in [7, 11) is 0. The molecule has 1 aromatic rings. The first-order valence-corrected chi connectivity index (χ1v) is 8.50. The van der Waals surface area contributed by atoms with E-state index in [1.165, 1.54) is 12.8 Å². The molecule has 0 spiro atoms. The van der Waals surface area contributed by atoms with Crippen molar-refractivity contribution in [1.82, 2.24) is 5.32 Å². The van der Waals surface area contributed by atoms with E-state index in [1.807, 2.05) is 13.0 Å². The summed E-state index contributed by atoms with van der Waals surface area (Å²) in [4.78, 5) is 12.2. The highest BCUT2D eigenvalue weighted by atomic mass is 35.5. The van der Waals surface area contributed by atoms with Crippen LogP contribution in [0.2, 0.25) is 5.02 Å². The zero-order chi connectivity index (χ0) is 15.5. The van der Waals surface area contributed by atoms with E-state index < -0.39 is 0 Å². The van der Waals surface area contributed by atoms with Gasteiger partial charge in [0.15, 0.2) is 0 Å².